The molecule has 0 saturated heterocycles. The molecule has 0 aliphatic carbocycles. The Hall–Kier alpha value is -0.860. The molecule has 0 aromatic heterocycles. The average Bonchev–Trinajstić information content (AvgIpc) is 2.28. The molecule has 17 heavy (non-hydrogen) atoms. The Bertz CT molecular complexity index is 290. The van der Waals surface area contributed by atoms with Crippen LogP contribution >= 0.6 is 0 Å². The molecule has 1 N–H and O–H groups in total. The fourth-order valence-corrected chi connectivity index (χ4v) is 1.56. The van der Waals surface area contributed by atoms with E-state index in [4.69, 9.17) is 4.74 Å². The van der Waals surface area contributed by atoms with Gasteiger partial charge in [0.2, 0.25) is 0 Å². The molecule has 2 nitrogen and oxygen atoms in total. The fraction of sp³-hybridized carbons (Fsp3) is 0.600. The molecule has 0 radical (unpaired) electrons. The lowest BCUT2D eigenvalue weighted by atomic mass is 10.1. The Labute approximate surface area is 105 Å². The molecule has 1 aromatic carbocycles. The topological polar surface area (TPSA) is 21.3 Å². The zero-order chi connectivity index (χ0) is 12.6. The van der Waals surface area contributed by atoms with Crippen LogP contribution in [0, 0.1) is 0 Å². The molecule has 0 saturated carbocycles. The van der Waals surface area contributed by atoms with Crippen molar-refractivity contribution in [3.63, 3.8) is 0 Å². The summed E-state index contributed by atoms with van der Waals surface area (Å²) >= 11 is 0. The Morgan fingerprint density at radius 2 is 1.76 bits per heavy atom. The predicted octanol–water partition coefficient (Wildman–Crippen LogP) is 3.37. The van der Waals surface area contributed by atoms with Gasteiger partial charge < -0.3 is 10.1 Å². The molecule has 0 unspecified atom stereocenters. The van der Waals surface area contributed by atoms with Crippen LogP contribution in [0.3, 0.4) is 0 Å². The Morgan fingerprint density at radius 3 is 2.41 bits per heavy atom. The van der Waals surface area contributed by atoms with Gasteiger partial charge in [0.15, 0.2) is 0 Å². The van der Waals surface area contributed by atoms with Crippen LogP contribution in [-0.4, -0.2) is 18.7 Å². The molecule has 96 valence electrons. The van der Waals surface area contributed by atoms with Crippen molar-refractivity contribution in [3.05, 3.63) is 35.9 Å². The van der Waals surface area contributed by atoms with Crippen molar-refractivity contribution in [1.82, 2.24) is 5.32 Å². The van der Waals surface area contributed by atoms with Gasteiger partial charge in [-0.2, -0.15) is 0 Å². The summed E-state index contributed by atoms with van der Waals surface area (Å²) in [6, 6.07) is 10.3. The lowest BCUT2D eigenvalue weighted by molar-refractivity contribution is 0.117. The van der Waals surface area contributed by atoms with E-state index in [0.29, 0.717) is 0 Å². The summed E-state index contributed by atoms with van der Waals surface area (Å²) in [6.07, 6.45) is 2.29. The van der Waals surface area contributed by atoms with Gasteiger partial charge in [0.05, 0.1) is 6.61 Å². The molecule has 0 spiro atoms. The first kappa shape index (κ1) is 14.2. The summed E-state index contributed by atoms with van der Waals surface area (Å²) in [5, 5.41) is 3.47. The summed E-state index contributed by atoms with van der Waals surface area (Å²) in [5.74, 6) is 0. The highest BCUT2D eigenvalue weighted by molar-refractivity contribution is 5.13. The van der Waals surface area contributed by atoms with Gasteiger partial charge in [-0.25, -0.2) is 0 Å². The fourth-order valence-electron chi connectivity index (χ4n) is 1.56. The lowest BCUT2D eigenvalue weighted by Gasteiger charge is -2.20. The number of rotatable bonds is 7. The quantitative estimate of drug-likeness (QED) is 0.732. The molecular weight excluding hydrogens is 210 g/mol. The summed E-state index contributed by atoms with van der Waals surface area (Å²) < 4.78 is 5.62. The number of ether oxygens (including phenoxy) is 1. The van der Waals surface area contributed by atoms with Crippen LogP contribution in [0.5, 0.6) is 0 Å². The van der Waals surface area contributed by atoms with Gasteiger partial charge in [0, 0.05) is 12.1 Å². The molecule has 0 aliphatic heterocycles. The van der Waals surface area contributed by atoms with Crippen molar-refractivity contribution in [3.8, 4) is 0 Å². The monoisotopic (exact) mass is 235 g/mol. The van der Waals surface area contributed by atoms with E-state index in [9.17, 15) is 0 Å². The maximum atomic E-state index is 5.62. The van der Waals surface area contributed by atoms with Gasteiger partial charge in [-0.3, -0.25) is 0 Å². The summed E-state index contributed by atoms with van der Waals surface area (Å²) in [5.41, 5.74) is 1.48. The molecule has 1 aromatic rings. The Balaban J connectivity index is 1.95. The highest BCUT2D eigenvalue weighted by Crippen LogP contribution is 2.02. The molecular formula is C15H25NO. The lowest BCUT2D eigenvalue weighted by Crippen LogP contribution is -2.36. The van der Waals surface area contributed by atoms with E-state index in [2.05, 4.69) is 38.2 Å². The number of hydrogen-bond acceptors (Lipinski definition) is 2. The first-order valence-corrected chi connectivity index (χ1v) is 6.45. The first-order chi connectivity index (χ1) is 8.08. The molecule has 1 rings (SSSR count). The van der Waals surface area contributed by atoms with E-state index < -0.39 is 0 Å². The summed E-state index contributed by atoms with van der Waals surface area (Å²) in [7, 11) is 0. The smallest absolute Gasteiger partial charge is 0.0716 e. The zero-order valence-electron chi connectivity index (χ0n) is 11.3. The van der Waals surface area contributed by atoms with E-state index in [1.807, 2.05) is 18.2 Å². The van der Waals surface area contributed by atoms with E-state index in [-0.39, 0.29) is 5.54 Å². The Morgan fingerprint density at radius 1 is 1.06 bits per heavy atom. The van der Waals surface area contributed by atoms with E-state index in [1.54, 1.807) is 0 Å². The minimum absolute atomic E-state index is 0.227. The van der Waals surface area contributed by atoms with Crippen LogP contribution in [0.4, 0.5) is 0 Å². The van der Waals surface area contributed by atoms with Crippen molar-refractivity contribution in [2.75, 3.05) is 13.2 Å². The van der Waals surface area contributed by atoms with E-state index in [0.717, 1.165) is 26.2 Å². The number of benzene rings is 1. The third kappa shape index (κ3) is 7.94. The van der Waals surface area contributed by atoms with Gasteiger partial charge in [-0.05, 0) is 45.7 Å². The standard InChI is InChI=1S/C15H25NO/c1-15(2,3)16-11-7-8-12-17-13-14-9-5-4-6-10-14/h4-6,9-10,16H,7-8,11-13H2,1-3H3. The molecule has 2 heteroatoms. The van der Waals surface area contributed by atoms with Crippen molar-refractivity contribution < 1.29 is 4.74 Å². The zero-order valence-corrected chi connectivity index (χ0v) is 11.3. The maximum absolute atomic E-state index is 5.62. The Kier molecular flexibility index (Phi) is 6.23. The average molecular weight is 235 g/mol. The van der Waals surface area contributed by atoms with Crippen LogP contribution < -0.4 is 5.32 Å². The number of hydrogen-bond donors (Lipinski definition) is 1. The third-order valence-electron chi connectivity index (χ3n) is 2.48. The molecule has 0 atom stereocenters. The molecule has 0 heterocycles. The maximum Gasteiger partial charge on any atom is 0.0716 e. The SMILES string of the molecule is CC(C)(C)NCCCCOCc1ccccc1. The molecule has 0 bridgehead atoms. The number of nitrogens with one attached hydrogen (secondary N) is 1. The van der Waals surface area contributed by atoms with Crippen molar-refractivity contribution in [2.24, 2.45) is 0 Å². The molecule has 0 amide bonds. The highest BCUT2D eigenvalue weighted by atomic mass is 16.5. The van der Waals surface area contributed by atoms with Gasteiger partial charge in [-0.15, -0.1) is 0 Å². The van der Waals surface area contributed by atoms with Gasteiger partial charge in [0.25, 0.3) is 0 Å². The van der Waals surface area contributed by atoms with Crippen molar-refractivity contribution in [2.45, 2.75) is 45.8 Å². The summed E-state index contributed by atoms with van der Waals surface area (Å²) in [6.45, 7) is 9.23. The van der Waals surface area contributed by atoms with Crippen LogP contribution in [0.25, 0.3) is 0 Å². The van der Waals surface area contributed by atoms with Crippen molar-refractivity contribution in [1.29, 1.82) is 0 Å². The normalized spacial score (nSPS) is 11.7. The van der Waals surface area contributed by atoms with Crippen molar-refractivity contribution >= 4 is 0 Å². The second-order valence-corrected chi connectivity index (χ2v) is 5.42. The predicted molar refractivity (Wildman–Crippen MR) is 73.1 cm³/mol. The minimum Gasteiger partial charge on any atom is -0.377 e. The van der Waals surface area contributed by atoms with E-state index in [1.165, 1.54) is 12.0 Å². The number of unbranched alkanes of at least 4 members (excludes halogenated alkanes) is 1. The van der Waals surface area contributed by atoms with Crippen LogP contribution in [-0.2, 0) is 11.3 Å². The molecule has 0 aliphatic rings. The highest BCUT2D eigenvalue weighted by Gasteiger charge is 2.06. The molecule has 0 fully saturated rings. The third-order valence-corrected chi connectivity index (χ3v) is 2.48. The minimum atomic E-state index is 0.227. The summed E-state index contributed by atoms with van der Waals surface area (Å²) in [4.78, 5) is 0. The van der Waals surface area contributed by atoms with Gasteiger partial charge in [-0.1, -0.05) is 30.3 Å². The van der Waals surface area contributed by atoms with Crippen LogP contribution in [0.1, 0.15) is 39.2 Å². The second kappa shape index (κ2) is 7.46. The van der Waals surface area contributed by atoms with Gasteiger partial charge in [0.1, 0.15) is 0 Å². The van der Waals surface area contributed by atoms with E-state index >= 15 is 0 Å². The van der Waals surface area contributed by atoms with Crippen LogP contribution in [0.2, 0.25) is 0 Å². The largest absolute Gasteiger partial charge is 0.377 e. The second-order valence-electron chi connectivity index (χ2n) is 5.42. The first-order valence-electron chi connectivity index (χ1n) is 6.45. The van der Waals surface area contributed by atoms with Crippen LogP contribution in [0.15, 0.2) is 30.3 Å². The van der Waals surface area contributed by atoms with Gasteiger partial charge >= 0.3 is 0 Å².